The molecule has 0 saturated carbocycles. The van der Waals surface area contributed by atoms with Crippen molar-refractivity contribution in [2.45, 2.75) is 44.8 Å². The molecule has 0 fully saturated rings. The number of hydrogen-bond acceptors (Lipinski definition) is 6. The van der Waals surface area contributed by atoms with Crippen LogP contribution in [0.3, 0.4) is 0 Å². The molecule has 31 heavy (non-hydrogen) atoms. The van der Waals surface area contributed by atoms with Gasteiger partial charge in [-0.15, -0.1) is 10.2 Å². The van der Waals surface area contributed by atoms with Crippen LogP contribution in [0.5, 0.6) is 0 Å². The molecule has 9 heteroatoms. The lowest BCUT2D eigenvalue weighted by atomic mass is 9.87. The van der Waals surface area contributed by atoms with Crippen LogP contribution in [0, 0.1) is 10.1 Å². The van der Waals surface area contributed by atoms with Gasteiger partial charge in [0.25, 0.3) is 5.69 Å². The molecule has 0 aliphatic heterocycles. The van der Waals surface area contributed by atoms with Crippen LogP contribution in [-0.2, 0) is 16.8 Å². The summed E-state index contributed by atoms with van der Waals surface area (Å²) in [6.07, 6.45) is 0. The standard InChI is InChI=1S/C22H25N5O3S/c1-5-26-20(15-6-8-16(9-7-15)22(2,3)4)24-25-21(26)31-14-19(28)23-17-10-12-18(13-11-17)27(29)30/h6-13H,5,14H2,1-4H3,(H,23,28). The molecule has 0 aliphatic carbocycles. The summed E-state index contributed by atoms with van der Waals surface area (Å²) < 4.78 is 1.98. The number of nitrogens with one attached hydrogen (secondary N) is 1. The maximum absolute atomic E-state index is 12.3. The number of hydrogen-bond donors (Lipinski definition) is 1. The summed E-state index contributed by atoms with van der Waals surface area (Å²) in [6, 6.07) is 14.0. The predicted molar refractivity (Wildman–Crippen MR) is 122 cm³/mol. The van der Waals surface area contributed by atoms with Gasteiger partial charge in [0.05, 0.1) is 10.7 Å². The second-order valence-electron chi connectivity index (χ2n) is 8.02. The number of nitrogens with zero attached hydrogens (tertiary/aromatic N) is 4. The van der Waals surface area contributed by atoms with Gasteiger partial charge in [0.1, 0.15) is 0 Å². The molecule has 2 aromatic carbocycles. The average molecular weight is 440 g/mol. The first kappa shape index (κ1) is 22.5. The molecule has 1 amide bonds. The summed E-state index contributed by atoms with van der Waals surface area (Å²) in [5.74, 6) is 0.694. The zero-order valence-electron chi connectivity index (χ0n) is 18.0. The van der Waals surface area contributed by atoms with Gasteiger partial charge in [-0.05, 0) is 30.0 Å². The van der Waals surface area contributed by atoms with Gasteiger partial charge in [-0.3, -0.25) is 14.9 Å². The van der Waals surface area contributed by atoms with Crippen molar-refractivity contribution in [2.75, 3.05) is 11.1 Å². The van der Waals surface area contributed by atoms with Crippen LogP contribution in [0.4, 0.5) is 11.4 Å². The Kier molecular flexibility index (Phi) is 6.74. The normalized spacial score (nSPS) is 11.4. The number of carbonyl (C=O) groups excluding carboxylic acids is 1. The Morgan fingerprint density at radius 3 is 2.29 bits per heavy atom. The van der Waals surface area contributed by atoms with E-state index in [1.54, 1.807) is 0 Å². The van der Waals surface area contributed by atoms with Crippen molar-refractivity contribution >= 4 is 29.0 Å². The summed E-state index contributed by atoms with van der Waals surface area (Å²) in [6.45, 7) is 9.21. The van der Waals surface area contributed by atoms with Crippen LogP contribution in [0.2, 0.25) is 0 Å². The van der Waals surface area contributed by atoms with Gasteiger partial charge in [0.15, 0.2) is 11.0 Å². The second kappa shape index (κ2) is 9.30. The first-order valence-electron chi connectivity index (χ1n) is 9.90. The Morgan fingerprint density at radius 2 is 1.74 bits per heavy atom. The number of benzene rings is 2. The van der Waals surface area contributed by atoms with E-state index in [-0.39, 0.29) is 22.8 Å². The molecule has 8 nitrogen and oxygen atoms in total. The zero-order valence-corrected chi connectivity index (χ0v) is 18.8. The van der Waals surface area contributed by atoms with Crippen LogP contribution in [-0.4, -0.2) is 31.3 Å². The smallest absolute Gasteiger partial charge is 0.269 e. The number of non-ortho nitro benzene ring substituents is 1. The third-order valence-electron chi connectivity index (χ3n) is 4.74. The summed E-state index contributed by atoms with van der Waals surface area (Å²) in [5, 5.41) is 22.7. The summed E-state index contributed by atoms with van der Waals surface area (Å²) in [5.41, 5.74) is 2.79. The number of thioether (sulfide) groups is 1. The topological polar surface area (TPSA) is 103 Å². The third kappa shape index (κ3) is 5.49. The largest absolute Gasteiger partial charge is 0.325 e. The third-order valence-corrected chi connectivity index (χ3v) is 5.70. The second-order valence-corrected chi connectivity index (χ2v) is 8.96. The van der Waals surface area contributed by atoms with E-state index in [1.165, 1.54) is 41.6 Å². The van der Waals surface area contributed by atoms with Gasteiger partial charge in [-0.25, -0.2) is 0 Å². The van der Waals surface area contributed by atoms with E-state index >= 15 is 0 Å². The number of amides is 1. The Morgan fingerprint density at radius 1 is 1.10 bits per heavy atom. The minimum atomic E-state index is -0.479. The lowest BCUT2D eigenvalue weighted by Crippen LogP contribution is -2.14. The molecule has 3 aromatic rings. The van der Waals surface area contributed by atoms with Crippen LogP contribution < -0.4 is 5.32 Å². The highest BCUT2D eigenvalue weighted by Crippen LogP contribution is 2.28. The molecule has 3 rings (SSSR count). The molecule has 162 valence electrons. The van der Waals surface area contributed by atoms with E-state index in [0.29, 0.717) is 17.4 Å². The number of rotatable bonds is 7. The highest BCUT2D eigenvalue weighted by Gasteiger charge is 2.17. The van der Waals surface area contributed by atoms with Gasteiger partial charge >= 0.3 is 0 Å². The number of anilines is 1. The van der Waals surface area contributed by atoms with Crippen LogP contribution in [0.15, 0.2) is 53.7 Å². The maximum Gasteiger partial charge on any atom is 0.269 e. The fraction of sp³-hybridized carbons (Fsp3) is 0.318. The first-order chi connectivity index (χ1) is 14.7. The average Bonchev–Trinajstić information content (AvgIpc) is 3.15. The van der Waals surface area contributed by atoms with Crippen molar-refractivity contribution in [1.82, 2.24) is 14.8 Å². The molecule has 0 unspecified atom stereocenters. The Balaban J connectivity index is 1.66. The van der Waals surface area contributed by atoms with Crippen molar-refractivity contribution in [3.8, 4) is 11.4 Å². The minimum Gasteiger partial charge on any atom is -0.325 e. The molecule has 1 aromatic heterocycles. The van der Waals surface area contributed by atoms with Crippen molar-refractivity contribution in [3.63, 3.8) is 0 Å². The number of nitro groups is 1. The fourth-order valence-corrected chi connectivity index (χ4v) is 3.81. The Labute approximate surface area is 185 Å². The summed E-state index contributed by atoms with van der Waals surface area (Å²) in [7, 11) is 0. The molecule has 0 radical (unpaired) electrons. The van der Waals surface area contributed by atoms with Gasteiger partial charge in [0, 0.05) is 29.9 Å². The van der Waals surface area contributed by atoms with Crippen LogP contribution >= 0.6 is 11.8 Å². The van der Waals surface area contributed by atoms with Gasteiger partial charge in [-0.1, -0.05) is 56.8 Å². The molecule has 0 aliphatic rings. The van der Waals surface area contributed by atoms with Crippen molar-refractivity contribution in [1.29, 1.82) is 0 Å². The minimum absolute atomic E-state index is 0.0218. The highest BCUT2D eigenvalue weighted by atomic mass is 32.2. The highest BCUT2D eigenvalue weighted by molar-refractivity contribution is 7.99. The van der Waals surface area contributed by atoms with E-state index in [4.69, 9.17) is 0 Å². The van der Waals surface area contributed by atoms with E-state index in [0.717, 1.165) is 11.4 Å². The quantitative estimate of drug-likeness (QED) is 0.319. The Bertz CT molecular complexity index is 1070. The molecule has 0 bridgehead atoms. The molecule has 1 heterocycles. The lowest BCUT2D eigenvalue weighted by Gasteiger charge is -2.19. The van der Waals surface area contributed by atoms with E-state index in [9.17, 15) is 14.9 Å². The van der Waals surface area contributed by atoms with Gasteiger partial charge in [-0.2, -0.15) is 0 Å². The molecule has 0 spiro atoms. The first-order valence-corrected chi connectivity index (χ1v) is 10.9. The summed E-state index contributed by atoms with van der Waals surface area (Å²) >= 11 is 1.30. The number of aromatic nitrogens is 3. The van der Waals surface area contributed by atoms with Crippen molar-refractivity contribution in [3.05, 3.63) is 64.2 Å². The molecule has 0 atom stereocenters. The maximum atomic E-state index is 12.3. The van der Waals surface area contributed by atoms with Crippen molar-refractivity contribution < 1.29 is 9.72 Å². The van der Waals surface area contributed by atoms with E-state index in [2.05, 4.69) is 48.4 Å². The fourth-order valence-electron chi connectivity index (χ4n) is 3.01. The van der Waals surface area contributed by atoms with E-state index < -0.39 is 4.92 Å². The van der Waals surface area contributed by atoms with Crippen LogP contribution in [0.1, 0.15) is 33.3 Å². The van der Waals surface area contributed by atoms with E-state index in [1.807, 2.05) is 23.6 Å². The molecule has 0 saturated heterocycles. The predicted octanol–water partition coefficient (Wildman–Crippen LogP) is 4.90. The molecular formula is C22H25N5O3S. The molecular weight excluding hydrogens is 414 g/mol. The van der Waals surface area contributed by atoms with Crippen molar-refractivity contribution in [2.24, 2.45) is 0 Å². The number of carbonyl (C=O) groups is 1. The summed E-state index contributed by atoms with van der Waals surface area (Å²) in [4.78, 5) is 22.5. The zero-order chi connectivity index (χ0) is 22.6. The number of nitro benzene ring substituents is 1. The Hall–Kier alpha value is -3.20. The monoisotopic (exact) mass is 439 g/mol. The SMILES string of the molecule is CCn1c(SCC(=O)Nc2ccc([N+](=O)[O-])cc2)nnc1-c1ccc(C(C)(C)C)cc1. The van der Waals surface area contributed by atoms with Gasteiger partial charge < -0.3 is 9.88 Å². The lowest BCUT2D eigenvalue weighted by molar-refractivity contribution is -0.384. The van der Waals surface area contributed by atoms with Crippen LogP contribution in [0.25, 0.3) is 11.4 Å². The molecule has 1 N–H and O–H groups in total. The van der Waals surface area contributed by atoms with Gasteiger partial charge in [0.2, 0.25) is 5.91 Å².